The van der Waals surface area contributed by atoms with Gasteiger partial charge in [0, 0.05) is 11.3 Å². The zero-order valence-corrected chi connectivity index (χ0v) is 15.5. The lowest BCUT2D eigenvalue weighted by molar-refractivity contribution is 0.0505. The Morgan fingerprint density at radius 3 is 2.41 bits per heavy atom. The van der Waals surface area contributed by atoms with Crippen LogP contribution in [0.2, 0.25) is 0 Å². The third-order valence-corrected chi connectivity index (χ3v) is 3.60. The number of anilines is 1. The van der Waals surface area contributed by atoms with E-state index in [-0.39, 0.29) is 11.9 Å². The highest BCUT2D eigenvalue weighted by Gasteiger charge is 2.12. The normalized spacial score (nSPS) is 10.0. The number of methoxy groups -OCH3 is 1. The van der Waals surface area contributed by atoms with Gasteiger partial charge in [-0.2, -0.15) is 0 Å². The number of nitrogens with one attached hydrogen (secondary N) is 1. The Bertz CT molecular complexity index is 799. The molecule has 0 aliphatic heterocycles. The lowest BCUT2D eigenvalue weighted by Crippen LogP contribution is -2.12. The number of carbonyl (C=O) groups is 2. The van der Waals surface area contributed by atoms with E-state index in [1.165, 1.54) is 7.11 Å². The van der Waals surface area contributed by atoms with Crippen molar-refractivity contribution in [2.75, 3.05) is 25.6 Å². The van der Waals surface area contributed by atoms with Crippen LogP contribution in [0.4, 0.5) is 5.69 Å². The maximum atomic E-state index is 12.5. The van der Waals surface area contributed by atoms with Crippen LogP contribution in [0.3, 0.4) is 0 Å². The van der Waals surface area contributed by atoms with Crippen LogP contribution in [0.25, 0.3) is 0 Å². The predicted octanol–water partition coefficient (Wildman–Crippen LogP) is 4.08. The number of hydrogen-bond donors (Lipinski definition) is 1. The van der Waals surface area contributed by atoms with E-state index in [0.717, 1.165) is 6.42 Å². The minimum atomic E-state index is -0.380. The monoisotopic (exact) mass is 369 g/mol. The van der Waals surface area contributed by atoms with Crippen molar-refractivity contribution in [2.45, 2.75) is 13.3 Å². The van der Waals surface area contributed by atoms with E-state index in [0.29, 0.717) is 41.5 Å². The quantitative estimate of drug-likeness (QED) is 0.533. The van der Waals surface area contributed by atoms with E-state index in [9.17, 15) is 9.59 Å². The SMILES string of the molecule is C=CCOc1ccc(C(=O)Nc2ccc(C(=O)OCCC)cc2)cc1OC. The van der Waals surface area contributed by atoms with E-state index in [4.69, 9.17) is 14.2 Å². The number of benzene rings is 2. The molecule has 0 bridgehead atoms. The molecule has 2 aromatic rings. The second-order valence-electron chi connectivity index (χ2n) is 5.63. The molecule has 0 saturated carbocycles. The van der Waals surface area contributed by atoms with Gasteiger partial charge < -0.3 is 19.5 Å². The molecule has 0 spiro atoms. The second kappa shape index (κ2) is 10.0. The Labute approximate surface area is 158 Å². The number of carbonyl (C=O) groups excluding carboxylic acids is 2. The summed E-state index contributed by atoms with van der Waals surface area (Å²) in [6.07, 6.45) is 2.39. The molecule has 142 valence electrons. The Balaban J connectivity index is 2.06. The van der Waals surface area contributed by atoms with Crippen molar-refractivity contribution < 1.29 is 23.8 Å². The fourth-order valence-corrected chi connectivity index (χ4v) is 2.25. The van der Waals surface area contributed by atoms with Crippen molar-refractivity contribution in [3.8, 4) is 11.5 Å². The Morgan fingerprint density at radius 2 is 1.78 bits per heavy atom. The van der Waals surface area contributed by atoms with Crippen molar-refractivity contribution in [1.29, 1.82) is 0 Å². The van der Waals surface area contributed by atoms with Crippen LogP contribution < -0.4 is 14.8 Å². The third kappa shape index (κ3) is 5.60. The molecular formula is C21H23NO5. The van der Waals surface area contributed by atoms with Gasteiger partial charge in [0.05, 0.1) is 19.3 Å². The molecule has 1 N–H and O–H groups in total. The molecule has 0 unspecified atom stereocenters. The first-order valence-corrected chi connectivity index (χ1v) is 8.59. The molecule has 2 rings (SSSR count). The van der Waals surface area contributed by atoms with Gasteiger partial charge in [-0.1, -0.05) is 19.6 Å². The molecule has 2 aromatic carbocycles. The molecule has 0 fully saturated rings. The van der Waals surface area contributed by atoms with Gasteiger partial charge in [0.25, 0.3) is 5.91 Å². The number of amides is 1. The number of hydrogen-bond acceptors (Lipinski definition) is 5. The van der Waals surface area contributed by atoms with Gasteiger partial charge in [0.1, 0.15) is 6.61 Å². The average molecular weight is 369 g/mol. The molecule has 0 atom stereocenters. The average Bonchev–Trinajstić information content (AvgIpc) is 2.70. The molecule has 0 aromatic heterocycles. The maximum Gasteiger partial charge on any atom is 0.338 e. The minimum absolute atomic E-state index is 0.301. The smallest absolute Gasteiger partial charge is 0.338 e. The fraction of sp³-hybridized carbons (Fsp3) is 0.238. The van der Waals surface area contributed by atoms with Crippen LogP contribution in [-0.4, -0.2) is 32.2 Å². The van der Waals surface area contributed by atoms with Crippen molar-refractivity contribution in [3.63, 3.8) is 0 Å². The van der Waals surface area contributed by atoms with Crippen LogP contribution >= 0.6 is 0 Å². The second-order valence-corrected chi connectivity index (χ2v) is 5.63. The summed E-state index contributed by atoms with van der Waals surface area (Å²) in [5, 5.41) is 2.78. The standard InChI is InChI=1S/C21H23NO5/c1-4-12-26-18-11-8-16(14-19(18)25-3)20(23)22-17-9-6-15(7-10-17)21(24)27-13-5-2/h4,6-11,14H,1,5,12-13H2,2-3H3,(H,22,23). The largest absolute Gasteiger partial charge is 0.493 e. The highest BCUT2D eigenvalue weighted by molar-refractivity contribution is 6.04. The van der Waals surface area contributed by atoms with Crippen LogP contribution in [0, 0.1) is 0 Å². The van der Waals surface area contributed by atoms with E-state index in [2.05, 4.69) is 11.9 Å². The highest BCUT2D eigenvalue weighted by atomic mass is 16.5. The highest BCUT2D eigenvalue weighted by Crippen LogP contribution is 2.28. The zero-order chi connectivity index (χ0) is 19.6. The molecule has 27 heavy (non-hydrogen) atoms. The lowest BCUT2D eigenvalue weighted by atomic mass is 10.1. The van der Waals surface area contributed by atoms with Gasteiger partial charge in [-0.3, -0.25) is 4.79 Å². The van der Waals surface area contributed by atoms with Gasteiger partial charge in [0.2, 0.25) is 0 Å². The molecule has 0 saturated heterocycles. The first kappa shape index (κ1) is 20.0. The topological polar surface area (TPSA) is 73.9 Å². The fourth-order valence-electron chi connectivity index (χ4n) is 2.25. The Morgan fingerprint density at radius 1 is 1.07 bits per heavy atom. The summed E-state index contributed by atoms with van der Waals surface area (Å²) in [5.74, 6) is 0.307. The van der Waals surface area contributed by atoms with Gasteiger partial charge >= 0.3 is 5.97 Å². The maximum absolute atomic E-state index is 12.5. The molecule has 0 radical (unpaired) electrons. The number of esters is 1. The first-order valence-electron chi connectivity index (χ1n) is 8.59. The van der Waals surface area contributed by atoms with Gasteiger partial charge in [0.15, 0.2) is 11.5 Å². The summed E-state index contributed by atoms with van der Waals surface area (Å²) < 4.78 is 15.8. The first-order chi connectivity index (χ1) is 13.1. The number of ether oxygens (including phenoxy) is 3. The Kier molecular flexibility index (Phi) is 7.43. The van der Waals surface area contributed by atoms with E-state index in [1.54, 1.807) is 48.5 Å². The molecule has 1 amide bonds. The predicted molar refractivity (Wildman–Crippen MR) is 104 cm³/mol. The van der Waals surface area contributed by atoms with E-state index < -0.39 is 0 Å². The molecule has 0 aliphatic carbocycles. The zero-order valence-electron chi connectivity index (χ0n) is 15.5. The van der Waals surface area contributed by atoms with Crippen molar-refractivity contribution in [2.24, 2.45) is 0 Å². The van der Waals surface area contributed by atoms with Crippen LogP contribution in [0.15, 0.2) is 55.1 Å². The molecule has 0 heterocycles. The van der Waals surface area contributed by atoms with Crippen molar-refractivity contribution >= 4 is 17.6 Å². The summed E-state index contributed by atoms with van der Waals surface area (Å²) in [6.45, 7) is 6.25. The van der Waals surface area contributed by atoms with E-state index in [1.807, 2.05) is 6.92 Å². The number of rotatable bonds is 9. The van der Waals surface area contributed by atoms with Gasteiger partial charge in [-0.25, -0.2) is 4.79 Å². The van der Waals surface area contributed by atoms with E-state index >= 15 is 0 Å². The van der Waals surface area contributed by atoms with Crippen molar-refractivity contribution in [3.05, 3.63) is 66.2 Å². The third-order valence-electron chi connectivity index (χ3n) is 3.60. The summed E-state index contributed by atoms with van der Waals surface area (Å²) in [4.78, 5) is 24.2. The van der Waals surface area contributed by atoms with Crippen molar-refractivity contribution in [1.82, 2.24) is 0 Å². The summed E-state index contributed by atoms with van der Waals surface area (Å²) in [7, 11) is 1.51. The molecular weight excluding hydrogens is 346 g/mol. The summed E-state index contributed by atoms with van der Waals surface area (Å²) in [6, 6.07) is 11.4. The van der Waals surface area contributed by atoms with Crippen LogP contribution in [-0.2, 0) is 4.74 Å². The lowest BCUT2D eigenvalue weighted by Gasteiger charge is -2.11. The van der Waals surface area contributed by atoms with Gasteiger partial charge in [-0.05, 0) is 48.9 Å². The molecule has 6 heteroatoms. The summed E-state index contributed by atoms with van der Waals surface area (Å²) >= 11 is 0. The molecule has 6 nitrogen and oxygen atoms in total. The summed E-state index contributed by atoms with van der Waals surface area (Å²) in [5.41, 5.74) is 1.43. The Hall–Kier alpha value is -3.28. The van der Waals surface area contributed by atoms with Gasteiger partial charge in [-0.15, -0.1) is 0 Å². The van der Waals surface area contributed by atoms with Crippen LogP contribution in [0.1, 0.15) is 34.1 Å². The molecule has 0 aliphatic rings. The van der Waals surface area contributed by atoms with Crippen LogP contribution in [0.5, 0.6) is 11.5 Å². The minimum Gasteiger partial charge on any atom is -0.493 e.